The van der Waals surface area contributed by atoms with Crippen molar-refractivity contribution in [2.45, 2.75) is 33.7 Å². The highest BCUT2D eigenvalue weighted by Gasteiger charge is 2.18. The summed E-state index contributed by atoms with van der Waals surface area (Å²) in [6.45, 7) is 6.82. The molecule has 0 saturated carbocycles. The summed E-state index contributed by atoms with van der Waals surface area (Å²) in [5, 5.41) is 7.94. The number of hydrogen-bond donors (Lipinski definition) is 0. The highest BCUT2D eigenvalue weighted by atomic mass is 16.5. The molecule has 2 aromatic heterocycles. The first-order valence-electron chi connectivity index (χ1n) is 7.05. The molecule has 0 aromatic carbocycles. The van der Waals surface area contributed by atoms with Crippen LogP contribution in [0.2, 0.25) is 0 Å². The minimum absolute atomic E-state index is 0.289. The zero-order valence-corrected chi connectivity index (χ0v) is 12.6. The zero-order valence-electron chi connectivity index (χ0n) is 12.6. The zero-order chi connectivity index (χ0) is 15.2. The second-order valence-corrected chi connectivity index (χ2v) is 5.31. The fourth-order valence-corrected chi connectivity index (χ4v) is 1.84. The quantitative estimate of drug-likeness (QED) is 0.761. The van der Waals surface area contributed by atoms with Gasteiger partial charge in [-0.05, 0) is 25.0 Å². The normalized spacial score (nSPS) is 10.9. The van der Waals surface area contributed by atoms with Crippen LogP contribution in [0.4, 0.5) is 0 Å². The van der Waals surface area contributed by atoms with E-state index in [-0.39, 0.29) is 5.69 Å². The number of esters is 1. The first-order chi connectivity index (χ1) is 10.1. The topological polar surface area (TPSA) is 69.9 Å². The first-order valence-corrected chi connectivity index (χ1v) is 7.05. The molecule has 6 nitrogen and oxygen atoms in total. The van der Waals surface area contributed by atoms with Crippen molar-refractivity contribution in [3.8, 4) is 0 Å². The Morgan fingerprint density at radius 3 is 2.86 bits per heavy atom. The second-order valence-electron chi connectivity index (χ2n) is 5.31. The summed E-state index contributed by atoms with van der Waals surface area (Å²) >= 11 is 0. The van der Waals surface area contributed by atoms with Crippen molar-refractivity contribution in [3.63, 3.8) is 0 Å². The Hall–Kier alpha value is -2.24. The Bertz CT molecular complexity index is 593. The van der Waals surface area contributed by atoms with Gasteiger partial charge in [-0.25, -0.2) is 9.48 Å². The highest BCUT2D eigenvalue weighted by Crippen LogP contribution is 2.08. The Balaban J connectivity index is 1.98. The summed E-state index contributed by atoms with van der Waals surface area (Å²) in [5.74, 6) is -0.112. The van der Waals surface area contributed by atoms with Crippen molar-refractivity contribution in [2.75, 3.05) is 6.61 Å². The fourth-order valence-electron chi connectivity index (χ4n) is 1.84. The van der Waals surface area contributed by atoms with Crippen molar-refractivity contribution in [2.24, 2.45) is 5.92 Å². The minimum atomic E-state index is -0.412. The van der Waals surface area contributed by atoms with Crippen LogP contribution in [0.1, 0.15) is 35.7 Å². The summed E-state index contributed by atoms with van der Waals surface area (Å²) in [6, 6.07) is 5.79. The number of carbonyl (C=O) groups is 1. The third-order valence-electron chi connectivity index (χ3n) is 3.03. The number of nitrogens with zero attached hydrogens (tertiary/aromatic N) is 4. The fraction of sp³-hybridized carbons (Fsp3) is 0.467. The Labute approximate surface area is 124 Å². The van der Waals surface area contributed by atoms with E-state index < -0.39 is 5.97 Å². The largest absolute Gasteiger partial charge is 0.461 e. The van der Waals surface area contributed by atoms with E-state index in [9.17, 15) is 4.79 Å². The van der Waals surface area contributed by atoms with E-state index in [1.807, 2.05) is 39.0 Å². The van der Waals surface area contributed by atoms with Gasteiger partial charge in [0.05, 0.1) is 12.3 Å². The lowest BCUT2D eigenvalue weighted by Gasteiger charge is -2.06. The van der Waals surface area contributed by atoms with Crippen molar-refractivity contribution >= 4 is 5.97 Å². The monoisotopic (exact) mass is 288 g/mol. The standard InChI is InChI=1S/C15H20N4O2/c1-11(2)10-21-15(20)14-12(3)19(18-17-14)9-7-13-6-4-5-8-16-13/h4-6,8,11H,7,9-10H2,1-3H3. The molecule has 0 aliphatic rings. The van der Waals surface area contributed by atoms with E-state index >= 15 is 0 Å². The van der Waals surface area contributed by atoms with Gasteiger partial charge in [-0.1, -0.05) is 25.1 Å². The molecule has 0 aliphatic carbocycles. The number of hydrogen-bond acceptors (Lipinski definition) is 5. The minimum Gasteiger partial charge on any atom is -0.461 e. The van der Waals surface area contributed by atoms with Gasteiger partial charge in [0.15, 0.2) is 5.69 Å². The molecule has 21 heavy (non-hydrogen) atoms. The lowest BCUT2D eigenvalue weighted by Crippen LogP contribution is -2.12. The van der Waals surface area contributed by atoms with Crippen molar-refractivity contribution in [3.05, 3.63) is 41.5 Å². The number of pyridine rings is 1. The number of carbonyl (C=O) groups excluding carboxylic acids is 1. The van der Waals surface area contributed by atoms with Crippen LogP contribution in [0.25, 0.3) is 0 Å². The van der Waals surface area contributed by atoms with Gasteiger partial charge in [-0.3, -0.25) is 4.98 Å². The molecule has 112 valence electrons. The van der Waals surface area contributed by atoms with Gasteiger partial charge in [0.1, 0.15) is 0 Å². The van der Waals surface area contributed by atoms with Crippen molar-refractivity contribution < 1.29 is 9.53 Å². The number of ether oxygens (including phenoxy) is 1. The molecule has 0 radical (unpaired) electrons. The van der Waals surface area contributed by atoms with Gasteiger partial charge in [0, 0.05) is 24.9 Å². The summed E-state index contributed by atoms with van der Waals surface area (Å²) < 4.78 is 6.89. The Morgan fingerprint density at radius 2 is 2.19 bits per heavy atom. The molecular formula is C15H20N4O2. The smallest absolute Gasteiger partial charge is 0.360 e. The molecule has 0 atom stereocenters. The van der Waals surface area contributed by atoms with Gasteiger partial charge < -0.3 is 4.74 Å². The third-order valence-corrected chi connectivity index (χ3v) is 3.03. The van der Waals surface area contributed by atoms with Gasteiger partial charge in [-0.15, -0.1) is 5.10 Å². The molecule has 2 aromatic rings. The molecule has 0 bridgehead atoms. The summed E-state index contributed by atoms with van der Waals surface area (Å²) in [6.07, 6.45) is 2.50. The molecule has 0 aliphatic heterocycles. The lowest BCUT2D eigenvalue weighted by molar-refractivity contribution is 0.0451. The van der Waals surface area contributed by atoms with Gasteiger partial charge in [-0.2, -0.15) is 0 Å². The van der Waals surface area contributed by atoms with Crippen LogP contribution < -0.4 is 0 Å². The van der Waals surface area contributed by atoms with Crippen LogP contribution in [0.15, 0.2) is 24.4 Å². The van der Waals surface area contributed by atoms with Crippen LogP contribution in [0.5, 0.6) is 0 Å². The maximum atomic E-state index is 11.9. The van der Waals surface area contributed by atoms with E-state index in [0.717, 1.165) is 17.8 Å². The molecule has 0 saturated heterocycles. The molecular weight excluding hydrogens is 268 g/mol. The van der Waals surface area contributed by atoms with Crippen LogP contribution in [-0.2, 0) is 17.7 Å². The Kier molecular flexibility index (Phi) is 5.03. The molecule has 6 heteroatoms. The summed E-state index contributed by atoms with van der Waals surface area (Å²) in [4.78, 5) is 16.2. The third kappa shape index (κ3) is 4.11. The molecule has 0 N–H and O–H groups in total. The van der Waals surface area contributed by atoms with E-state index in [2.05, 4.69) is 15.3 Å². The van der Waals surface area contributed by atoms with E-state index in [1.54, 1.807) is 10.9 Å². The van der Waals surface area contributed by atoms with Crippen LogP contribution >= 0.6 is 0 Å². The van der Waals surface area contributed by atoms with E-state index in [1.165, 1.54) is 0 Å². The molecule has 2 heterocycles. The van der Waals surface area contributed by atoms with E-state index in [0.29, 0.717) is 19.1 Å². The van der Waals surface area contributed by atoms with Crippen LogP contribution in [-0.4, -0.2) is 32.6 Å². The molecule has 0 unspecified atom stereocenters. The molecule has 0 fully saturated rings. The second kappa shape index (κ2) is 6.97. The maximum Gasteiger partial charge on any atom is 0.360 e. The van der Waals surface area contributed by atoms with Crippen LogP contribution in [0.3, 0.4) is 0 Å². The summed E-state index contributed by atoms with van der Waals surface area (Å²) in [7, 11) is 0. The van der Waals surface area contributed by atoms with Crippen molar-refractivity contribution in [1.82, 2.24) is 20.0 Å². The van der Waals surface area contributed by atoms with Crippen LogP contribution in [0, 0.1) is 12.8 Å². The maximum absolute atomic E-state index is 11.9. The Morgan fingerprint density at radius 1 is 1.38 bits per heavy atom. The van der Waals surface area contributed by atoms with Gasteiger partial charge in [0.2, 0.25) is 0 Å². The molecule has 0 amide bonds. The average Bonchev–Trinajstić information content (AvgIpc) is 2.85. The average molecular weight is 288 g/mol. The van der Waals surface area contributed by atoms with Gasteiger partial charge >= 0.3 is 5.97 Å². The predicted molar refractivity (Wildman–Crippen MR) is 77.8 cm³/mol. The number of aromatic nitrogens is 4. The van der Waals surface area contributed by atoms with Crippen molar-refractivity contribution in [1.29, 1.82) is 0 Å². The van der Waals surface area contributed by atoms with Gasteiger partial charge in [0.25, 0.3) is 0 Å². The molecule has 0 spiro atoms. The number of aryl methyl sites for hydroxylation is 2. The molecule has 2 rings (SSSR count). The number of rotatable bonds is 6. The SMILES string of the molecule is Cc1c(C(=O)OCC(C)C)nnn1CCc1ccccn1. The summed E-state index contributed by atoms with van der Waals surface area (Å²) in [5.41, 5.74) is 1.99. The first kappa shape index (κ1) is 15.2. The lowest BCUT2D eigenvalue weighted by atomic mass is 10.2. The van der Waals surface area contributed by atoms with E-state index in [4.69, 9.17) is 4.74 Å². The highest BCUT2D eigenvalue weighted by molar-refractivity contribution is 5.88. The predicted octanol–water partition coefficient (Wildman–Crippen LogP) is 2.04.